The van der Waals surface area contributed by atoms with Crippen LogP contribution in [0.4, 0.5) is 0 Å². The van der Waals surface area contributed by atoms with Crippen LogP contribution in [0, 0.1) is 0 Å². The van der Waals surface area contributed by atoms with Crippen molar-refractivity contribution in [3.05, 3.63) is 71.9 Å². The lowest BCUT2D eigenvalue weighted by molar-refractivity contribution is 0.0526. The van der Waals surface area contributed by atoms with Crippen LogP contribution in [-0.4, -0.2) is 61.4 Å². The average Bonchev–Trinajstić information content (AvgIpc) is 2.80. The number of aromatic nitrogens is 1. The molecule has 1 fully saturated rings. The number of sulfonamides is 1. The summed E-state index contributed by atoms with van der Waals surface area (Å²) < 4.78 is 32.5. The Morgan fingerprint density at radius 3 is 2.42 bits per heavy atom. The number of carbonyl (C=O) groups excluding carboxylic acids is 1. The van der Waals surface area contributed by atoms with E-state index in [4.69, 9.17) is 4.74 Å². The van der Waals surface area contributed by atoms with Gasteiger partial charge in [-0.05, 0) is 42.8 Å². The number of hydrogen-bond acceptors (Lipinski definition) is 6. The van der Waals surface area contributed by atoms with Crippen molar-refractivity contribution in [2.24, 2.45) is 0 Å². The molecule has 0 atom stereocenters. The molecule has 1 saturated heterocycles. The number of benzene rings is 2. The highest BCUT2D eigenvalue weighted by atomic mass is 32.2. The maximum Gasteiger partial charge on any atom is 0.338 e. The molecule has 31 heavy (non-hydrogen) atoms. The van der Waals surface area contributed by atoms with Gasteiger partial charge in [-0.25, -0.2) is 13.2 Å². The molecule has 0 spiro atoms. The number of nitrogens with zero attached hydrogens (tertiary/aromatic N) is 3. The van der Waals surface area contributed by atoms with Crippen LogP contribution < -0.4 is 0 Å². The molecule has 162 valence electrons. The van der Waals surface area contributed by atoms with Crippen molar-refractivity contribution in [2.75, 3.05) is 32.8 Å². The quantitative estimate of drug-likeness (QED) is 0.550. The maximum atomic E-state index is 13.0. The summed E-state index contributed by atoms with van der Waals surface area (Å²) in [6.45, 7) is 4.86. The highest BCUT2D eigenvalue weighted by Crippen LogP contribution is 2.21. The van der Waals surface area contributed by atoms with Crippen LogP contribution >= 0.6 is 0 Å². The van der Waals surface area contributed by atoms with Gasteiger partial charge in [0.05, 0.1) is 22.6 Å². The molecule has 0 unspecified atom stereocenters. The Bertz CT molecular complexity index is 1170. The van der Waals surface area contributed by atoms with E-state index >= 15 is 0 Å². The summed E-state index contributed by atoms with van der Waals surface area (Å²) in [7, 11) is -3.61. The van der Waals surface area contributed by atoms with E-state index in [0.717, 1.165) is 23.0 Å². The second-order valence-corrected chi connectivity index (χ2v) is 9.36. The van der Waals surface area contributed by atoms with Crippen LogP contribution in [0.25, 0.3) is 10.9 Å². The zero-order valence-electron chi connectivity index (χ0n) is 17.4. The van der Waals surface area contributed by atoms with Gasteiger partial charge >= 0.3 is 5.97 Å². The van der Waals surface area contributed by atoms with E-state index in [1.54, 1.807) is 13.1 Å². The zero-order chi connectivity index (χ0) is 21.8. The Hall–Kier alpha value is -2.81. The predicted molar refractivity (Wildman–Crippen MR) is 118 cm³/mol. The Morgan fingerprint density at radius 2 is 1.71 bits per heavy atom. The fourth-order valence-electron chi connectivity index (χ4n) is 3.79. The number of para-hydroxylation sites is 1. The van der Waals surface area contributed by atoms with Gasteiger partial charge in [0.1, 0.15) is 0 Å². The number of pyridine rings is 1. The van der Waals surface area contributed by atoms with Crippen LogP contribution in [0.2, 0.25) is 0 Å². The van der Waals surface area contributed by atoms with Gasteiger partial charge in [-0.2, -0.15) is 4.31 Å². The van der Waals surface area contributed by atoms with Gasteiger partial charge in [0.15, 0.2) is 0 Å². The molecule has 7 nitrogen and oxygen atoms in total. The lowest BCUT2D eigenvalue weighted by atomic mass is 10.1. The minimum Gasteiger partial charge on any atom is -0.462 e. The first kappa shape index (κ1) is 21.4. The van der Waals surface area contributed by atoms with E-state index in [1.807, 2.05) is 24.3 Å². The molecule has 0 bridgehead atoms. The molecule has 0 amide bonds. The van der Waals surface area contributed by atoms with Crippen molar-refractivity contribution in [1.82, 2.24) is 14.2 Å². The van der Waals surface area contributed by atoms with Gasteiger partial charge in [0.25, 0.3) is 0 Å². The molecule has 1 aliphatic rings. The number of carbonyl (C=O) groups is 1. The van der Waals surface area contributed by atoms with E-state index in [2.05, 4.69) is 16.0 Å². The van der Waals surface area contributed by atoms with Crippen molar-refractivity contribution in [3.8, 4) is 0 Å². The van der Waals surface area contributed by atoms with Crippen molar-refractivity contribution < 1.29 is 17.9 Å². The molecule has 1 aliphatic heterocycles. The van der Waals surface area contributed by atoms with Crippen molar-refractivity contribution in [2.45, 2.75) is 18.4 Å². The minimum atomic E-state index is -3.61. The summed E-state index contributed by atoms with van der Waals surface area (Å²) in [6.07, 6.45) is 1.80. The Balaban J connectivity index is 1.41. The van der Waals surface area contributed by atoms with E-state index in [9.17, 15) is 13.2 Å². The fourth-order valence-corrected chi connectivity index (χ4v) is 5.21. The third kappa shape index (κ3) is 4.61. The van der Waals surface area contributed by atoms with E-state index in [-0.39, 0.29) is 11.5 Å². The topological polar surface area (TPSA) is 79.8 Å². The van der Waals surface area contributed by atoms with Gasteiger partial charge in [-0.1, -0.05) is 24.3 Å². The first-order valence-corrected chi connectivity index (χ1v) is 11.8. The van der Waals surface area contributed by atoms with Gasteiger partial charge in [0.2, 0.25) is 10.0 Å². The van der Waals surface area contributed by atoms with Crippen molar-refractivity contribution in [1.29, 1.82) is 0 Å². The van der Waals surface area contributed by atoms with Gasteiger partial charge in [-0.3, -0.25) is 9.88 Å². The summed E-state index contributed by atoms with van der Waals surface area (Å²) in [4.78, 5) is 18.7. The first-order chi connectivity index (χ1) is 15.0. The summed E-state index contributed by atoms with van der Waals surface area (Å²) in [5.74, 6) is -0.456. The monoisotopic (exact) mass is 439 g/mol. The van der Waals surface area contributed by atoms with Crippen LogP contribution in [0.15, 0.2) is 65.7 Å². The number of hydrogen-bond donors (Lipinski definition) is 0. The normalized spacial score (nSPS) is 15.8. The molecule has 8 heteroatoms. The zero-order valence-corrected chi connectivity index (χ0v) is 18.2. The minimum absolute atomic E-state index is 0.187. The molecule has 2 aromatic carbocycles. The van der Waals surface area contributed by atoms with Crippen LogP contribution in [0.5, 0.6) is 0 Å². The Morgan fingerprint density at radius 1 is 1.00 bits per heavy atom. The molecule has 0 aliphatic carbocycles. The summed E-state index contributed by atoms with van der Waals surface area (Å²) in [5.41, 5.74) is 2.47. The van der Waals surface area contributed by atoms with Crippen LogP contribution in [0.3, 0.4) is 0 Å². The predicted octanol–water partition coefficient (Wildman–Crippen LogP) is 2.92. The second-order valence-electron chi connectivity index (χ2n) is 7.42. The number of fused-ring (bicyclic) bond motifs is 1. The molecular weight excluding hydrogens is 414 g/mol. The Labute approximate surface area is 182 Å². The summed E-state index contributed by atoms with van der Waals surface area (Å²) in [5, 5.41) is 1.10. The molecule has 0 saturated carbocycles. The van der Waals surface area contributed by atoms with Gasteiger partial charge in [-0.15, -0.1) is 0 Å². The molecule has 2 heterocycles. The third-order valence-electron chi connectivity index (χ3n) is 5.44. The third-order valence-corrected chi connectivity index (χ3v) is 7.36. The molecule has 4 rings (SSSR count). The molecule has 3 aromatic rings. The van der Waals surface area contributed by atoms with Crippen molar-refractivity contribution in [3.63, 3.8) is 0 Å². The number of piperazine rings is 1. The lowest BCUT2D eigenvalue weighted by Gasteiger charge is -2.34. The molecular formula is C23H25N3O4S. The van der Waals surface area contributed by atoms with Gasteiger partial charge in [0, 0.05) is 44.3 Å². The van der Waals surface area contributed by atoms with Crippen LogP contribution in [0.1, 0.15) is 22.8 Å². The van der Waals surface area contributed by atoms with Crippen LogP contribution in [-0.2, 0) is 21.3 Å². The fraction of sp³-hybridized carbons (Fsp3) is 0.304. The van der Waals surface area contributed by atoms with E-state index in [1.165, 1.54) is 28.6 Å². The smallest absolute Gasteiger partial charge is 0.338 e. The maximum absolute atomic E-state index is 13.0. The van der Waals surface area contributed by atoms with E-state index in [0.29, 0.717) is 31.7 Å². The highest BCUT2D eigenvalue weighted by molar-refractivity contribution is 7.89. The van der Waals surface area contributed by atoms with Gasteiger partial charge < -0.3 is 4.74 Å². The summed E-state index contributed by atoms with van der Waals surface area (Å²) in [6, 6.07) is 16.0. The Kier molecular flexibility index (Phi) is 6.31. The number of ether oxygens (including phenoxy) is 1. The molecule has 0 radical (unpaired) electrons. The molecule has 1 aromatic heterocycles. The largest absolute Gasteiger partial charge is 0.462 e. The SMILES string of the molecule is CCOC(=O)c1ccc(S(=O)(=O)N2CCN(Cc3cccc4cccnc34)CC2)cc1. The number of esters is 1. The van der Waals surface area contributed by atoms with Crippen molar-refractivity contribution >= 4 is 26.9 Å². The highest BCUT2D eigenvalue weighted by Gasteiger charge is 2.28. The molecule has 0 N–H and O–H groups in total. The lowest BCUT2D eigenvalue weighted by Crippen LogP contribution is -2.48. The standard InChI is InChI=1S/C23H25N3O4S/c1-2-30-23(27)19-8-10-21(11-9-19)31(28,29)26-15-13-25(14-16-26)17-20-6-3-5-18-7-4-12-24-22(18)20/h3-12H,2,13-17H2,1H3. The summed E-state index contributed by atoms with van der Waals surface area (Å²) >= 11 is 0. The number of rotatable bonds is 6. The first-order valence-electron chi connectivity index (χ1n) is 10.3. The average molecular weight is 440 g/mol. The second kappa shape index (κ2) is 9.13. The van der Waals surface area contributed by atoms with E-state index < -0.39 is 16.0 Å².